The maximum Gasteiger partial charge on any atom is 0.344 e. The Bertz CT molecular complexity index is 1020. The predicted octanol–water partition coefficient (Wildman–Crippen LogP) is 0.318. The van der Waals surface area contributed by atoms with Crippen LogP contribution in [0.25, 0.3) is 0 Å². The number of carbonyl (C=O) groups is 3. The first kappa shape index (κ1) is 25.5. The van der Waals surface area contributed by atoms with Gasteiger partial charge in [0.05, 0.1) is 10.5 Å². The molecule has 2 rings (SSSR count). The highest BCUT2D eigenvalue weighted by Gasteiger charge is 2.18. The number of ether oxygens (including phenoxy) is 4. The molecule has 2 aromatic carbocycles. The predicted molar refractivity (Wildman–Crippen MR) is 108 cm³/mol. The molecule has 0 saturated heterocycles. The van der Waals surface area contributed by atoms with Crippen LogP contribution < -0.4 is 14.8 Å². The third-order valence-electron chi connectivity index (χ3n) is 3.85. The maximum atomic E-state index is 12.2. The zero-order valence-electron chi connectivity index (χ0n) is 17.7. The fraction of sp³-hybridized carbons (Fsp3) is 0.250. The minimum atomic E-state index is -1.08. The van der Waals surface area contributed by atoms with E-state index in [0.29, 0.717) is 0 Å². The van der Waals surface area contributed by atoms with E-state index in [9.17, 15) is 29.4 Å². The summed E-state index contributed by atoms with van der Waals surface area (Å²) in [5, 5.41) is 10.3. The fourth-order valence-electron chi connectivity index (χ4n) is 2.38. The van der Waals surface area contributed by atoms with Crippen molar-refractivity contribution in [1.29, 1.82) is 0 Å². The highest BCUT2D eigenvalue weighted by Crippen LogP contribution is 2.19. The lowest BCUT2D eigenvalue weighted by molar-refractivity contribution is -0.798. The number of hydrogen-bond acceptors (Lipinski definition) is 12. The van der Waals surface area contributed by atoms with Gasteiger partial charge in [-0.15, -0.1) is 10.1 Å². The molecule has 0 fully saturated rings. The number of esters is 3. The molecule has 2 aromatic rings. The summed E-state index contributed by atoms with van der Waals surface area (Å²) in [6.45, 7) is -0.322. The minimum absolute atomic E-state index is 0.00512. The normalized spacial score (nSPS) is 10.9. The van der Waals surface area contributed by atoms with Gasteiger partial charge in [-0.25, -0.2) is 14.4 Å². The van der Waals surface area contributed by atoms with Gasteiger partial charge in [-0.1, -0.05) is 12.1 Å². The first-order valence-electron chi connectivity index (χ1n) is 9.44. The molecular weight excluding hydrogens is 460 g/mol. The molecule has 0 amide bonds. The molecule has 14 heteroatoms. The Balaban J connectivity index is 1.84. The Morgan fingerprint density at radius 3 is 2.32 bits per heavy atom. The second-order valence-electron chi connectivity index (χ2n) is 6.25. The van der Waals surface area contributed by atoms with Gasteiger partial charge in [-0.05, 0) is 36.4 Å². The van der Waals surface area contributed by atoms with Crippen LogP contribution in [0.3, 0.4) is 0 Å². The number of nitrogens with zero attached hydrogens (tertiary/aromatic N) is 1. The smallest absolute Gasteiger partial charge is 0.344 e. The molecule has 0 aliphatic rings. The summed E-state index contributed by atoms with van der Waals surface area (Å²) in [5.41, 5.74) is 0.0859. The summed E-state index contributed by atoms with van der Waals surface area (Å²) in [7, 11) is 0. The summed E-state index contributed by atoms with van der Waals surface area (Å²) in [5.74, 6) is -2.02. The third kappa shape index (κ3) is 8.41. The summed E-state index contributed by atoms with van der Waals surface area (Å²) in [4.78, 5) is 64.6. The molecule has 1 atom stereocenters. The van der Waals surface area contributed by atoms with Crippen molar-refractivity contribution in [3.8, 4) is 11.5 Å². The van der Waals surface area contributed by atoms with Gasteiger partial charge in [0, 0.05) is 6.92 Å². The first-order chi connectivity index (χ1) is 16.3. The van der Waals surface area contributed by atoms with Crippen LogP contribution in [0.2, 0.25) is 0 Å². The highest BCUT2D eigenvalue weighted by molar-refractivity contribution is 5.93. The highest BCUT2D eigenvalue weighted by atomic mass is 17.0. The fourth-order valence-corrected chi connectivity index (χ4v) is 2.38. The molecule has 0 radical (unpaired) electrons. The van der Waals surface area contributed by atoms with Crippen LogP contribution in [0.5, 0.6) is 11.5 Å². The van der Waals surface area contributed by atoms with Crippen LogP contribution >= 0.6 is 0 Å². The van der Waals surface area contributed by atoms with E-state index in [1.807, 2.05) is 0 Å². The lowest BCUT2D eigenvalue weighted by atomic mass is 10.2. The Labute approximate surface area is 191 Å². The molecule has 0 aromatic heterocycles. The molecule has 0 spiro atoms. The monoisotopic (exact) mass is 479 g/mol. The van der Waals surface area contributed by atoms with Crippen molar-refractivity contribution in [2.24, 2.45) is 0 Å². The lowest BCUT2D eigenvalue weighted by Gasteiger charge is -2.11. The van der Waals surface area contributed by atoms with Crippen molar-refractivity contribution in [3.05, 3.63) is 74.7 Å². The molecule has 0 aliphatic carbocycles. The van der Waals surface area contributed by atoms with Gasteiger partial charge >= 0.3 is 17.9 Å². The molecule has 0 bridgehead atoms. The minimum Gasteiger partial charge on any atom is -0.489 e. The Morgan fingerprint density at radius 1 is 1.00 bits per heavy atom. The first-order valence-corrected chi connectivity index (χ1v) is 9.44. The summed E-state index contributed by atoms with van der Waals surface area (Å²) in [6.07, 6.45) is -1.08. The SMILES string of the molecule is CC(=O)Oc1ccccc1C(=O)OCOC(=O)c1ccc(OCC(CO[N+](=O)[O-])O[NH+]=O)cc1. The number of carbonyl (C=O) groups excluding carboxylic acids is 3. The van der Waals surface area contributed by atoms with Crippen LogP contribution in [-0.4, -0.2) is 49.1 Å². The van der Waals surface area contributed by atoms with Crippen molar-refractivity contribution in [2.75, 3.05) is 20.0 Å². The maximum absolute atomic E-state index is 12.2. The van der Waals surface area contributed by atoms with Crippen molar-refractivity contribution >= 4 is 17.9 Å². The number of para-hydroxylation sites is 1. The average molecular weight is 479 g/mol. The Morgan fingerprint density at radius 2 is 1.68 bits per heavy atom. The summed E-state index contributed by atoms with van der Waals surface area (Å²) in [6, 6.07) is 11.4. The number of benzene rings is 2. The van der Waals surface area contributed by atoms with Crippen LogP contribution in [-0.2, 0) is 23.9 Å². The zero-order chi connectivity index (χ0) is 24.9. The molecular formula is C20H19N2O12+. The van der Waals surface area contributed by atoms with E-state index in [-0.39, 0.29) is 29.2 Å². The Hall–Kier alpha value is -4.75. The van der Waals surface area contributed by atoms with E-state index in [1.54, 1.807) is 12.1 Å². The standard InChI is InChI=1S/C20H19N2O12/c1-13(23)33-18-5-3-2-4-17(18)20(25)31-12-30-19(24)14-6-8-15(9-7-14)29-10-16(34-21-26)11-32-22(27)28/h2-9,16,21H,10-12H2,1H3/q+1. The number of hydrogen-bond donors (Lipinski definition) is 1. The average Bonchev–Trinajstić information content (AvgIpc) is 2.81. The van der Waals surface area contributed by atoms with E-state index < -0.39 is 42.5 Å². The molecule has 34 heavy (non-hydrogen) atoms. The quantitative estimate of drug-likeness (QED) is 0.137. The second kappa shape index (κ2) is 12.9. The number of nitrogens with one attached hydrogen (secondary N) is 1. The second-order valence-corrected chi connectivity index (χ2v) is 6.25. The van der Waals surface area contributed by atoms with Gasteiger partial charge in [0.1, 0.15) is 30.3 Å². The van der Waals surface area contributed by atoms with E-state index in [2.05, 4.69) is 9.68 Å². The van der Waals surface area contributed by atoms with Gasteiger partial charge in [0.2, 0.25) is 18.2 Å². The van der Waals surface area contributed by atoms with Crippen LogP contribution in [0.1, 0.15) is 27.6 Å². The third-order valence-corrected chi connectivity index (χ3v) is 3.85. The largest absolute Gasteiger partial charge is 0.489 e. The molecule has 1 N–H and O–H groups in total. The lowest BCUT2D eigenvalue weighted by Crippen LogP contribution is -2.66. The molecule has 180 valence electrons. The number of rotatable bonds is 13. The molecule has 0 aliphatic heterocycles. The van der Waals surface area contributed by atoms with Crippen molar-refractivity contribution in [1.82, 2.24) is 0 Å². The van der Waals surface area contributed by atoms with Crippen LogP contribution in [0, 0.1) is 15.0 Å². The molecule has 14 nitrogen and oxygen atoms in total. The molecule has 0 saturated carbocycles. The zero-order valence-corrected chi connectivity index (χ0v) is 17.7. The molecule has 1 unspecified atom stereocenters. The van der Waals surface area contributed by atoms with Gasteiger partial charge in [0.25, 0.3) is 5.09 Å². The van der Waals surface area contributed by atoms with Gasteiger partial charge in [-0.3, -0.25) is 4.79 Å². The van der Waals surface area contributed by atoms with Gasteiger partial charge in [0.15, 0.2) is 0 Å². The summed E-state index contributed by atoms with van der Waals surface area (Å²) >= 11 is 0. The van der Waals surface area contributed by atoms with E-state index in [0.717, 1.165) is 5.34 Å². The van der Waals surface area contributed by atoms with Crippen LogP contribution in [0.4, 0.5) is 0 Å². The van der Waals surface area contributed by atoms with Crippen molar-refractivity contribution < 1.29 is 53.4 Å². The Kier molecular flexibility index (Phi) is 9.72. The molecule has 0 heterocycles. The van der Waals surface area contributed by atoms with Crippen molar-refractivity contribution in [3.63, 3.8) is 0 Å². The van der Waals surface area contributed by atoms with Gasteiger partial charge in [-0.2, -0.15) is 0 Å². The van der Waals surface area contributed by atoms with E-state index in [1.165, 1.54) is 43.3 Å². The summed E-state index contributed by atoms with van der Waals surface area (Å²) < 4.78 is 20.0. The topological polar surface area (TPSA) is 181 Å². The van der Waals surface area contributed by atoms with E-state index in [4.69, 9.17) is 18.9 Å². The van der Waals surface area contributed by atoms with Crippen molar-refractivity contribution in [2.45, 2.75) is 13.0 Å². The van der Waals surface area contributed by atoms with Crippen LogP contribution in [0.15, 0.2) is 48.5 Å². The van der Waals surface area contributed by atoms with E-state index >= 15 is 0 Å². The van der Waals surface area contributed by atoms with Gasteiger partial charge < -0.3 is 23.8 Å².